The van der Waals surface area contributed by atoms with Gasteiger partial charge in [0.15, 0.2) is 0 Å². The summed E-state index contributed by atoms with van der Waals surface area (Å²) in [4.78, 5) is 19.3. The molecule has 0 atom stereocenters. The molecule has 0 aromatic heterocycles. The van der Waals surface area contributed by atoms with E-state index in [1.54, 1.807) is 0 Å². The molecule has 5 heteroatoms. The number of hydrogen-bond acceptors (Lipinski definition) is 4. The van der Waals surface area contributed by atoms with Gasteiger partial charge >= 0.3 is 5.97 Å². The van der Waals surface area contributed by atoms with E-state index >= 15 is 0 Å². The summed E-state index contributed by atoms with van der Waals surface area (Å²) in [6.07, 6.45) is 2.82. The molecule has 0 saturated heterocycles. The van der Waals surface area contributed by atoms with Crippen LogP contribution in [0, 0.1) is 10.1 Å². The van der Waals surface area contributed by atoms with Gasteiger partial charge in [-0.1, -0.05) is 6.58 Å². The van der Waals surface area contributed by atoms with Crippen molar-refractivity contribution >= 4 is 5.97 Å². The highest BCUT2D eigenvalue weighted by Gasteiger charge is 1.91. The number of nitrogens with zero attached hydrogens (tertiary/aromatic N) is 1. The predicted octanol–water partition coefficient (Wildman–Crippen LogP) is 0.506. The molecule has 0 rings (SSSR count). The minimum atomic E-state index is -0.637. The van der Waals surface area contributed by atoms with E-state index in [1.165, 1.54) is 0 Å². The molecule has 0 saturated carbocycles. The van der Waals surface area contributed by atoms with E-state index < -0.39 is 10.9 Å². The largest absolute Gasteiger partial charge is 0.458 e. The normalized spacial score (nSPS) is 9.45. The Bertz CT molecular complexity index is 197. The smallest absolute Gasteiger partial charge is 0.330 e. The zero-order chi connectivity index (χ0) is 8.69. The van der Waals surface area contributed by atoms with Crippen LogP contribution in [-0.2, 0) is 9.53 Å². The first-order valence-corrected chi connectivity index (χ1v) is 2.76. The third-order valence-electron chi connectivity index (χ3n) is 0.716. The second kappa shape index (κ2) is 5.16. The van der Waals surface area contributed by atoms with Crippen molar-refractivity contribution < 1.29 is 14.5 Å². The standard InChI is InChI=1S/C6H7NO4/c1-2-6(8)11-5-3-4-7(9)10/h2-4H,1,5H2. The van der Waals surface area contributed by atoms with Crippen molar-refractivity contribution in [3.63, 3.8) is 0 Å². The average Bonchev–Trinajstić information content (AvgIpc) is 1.97. The van der Waals surface area contributed by atoms with Gasteiger partial charge in [0.1, 0.15) is 6.61 Å². The number of carbonyl (C=O) groups excluding carboxylic acids is 1. The maximum Gasteiger partial charge on any atom is 0.330 e. The molecular formula is C6H7NO4. The molecule has 0 heterocycles. The molecule has 0 N–H and O–H groups in total. The summed E-state index contributed by atoms with van der Waals surface area (Å²) >= 11 is 0. The number of rotatable bonds is 4. The highest BCUT2D eigenvalue weighted by molar-refractivity contribution is 5.81. The lowest BCUT2D eigenvalue weighted by atomic mass is 10.6. The van der Waals surface area contributed by atoms with Crippen LogP contribution >= 0.6 is 0 Å². The molecule has 0 aliphatic carbocycles. The number of nitro groups is 1. The molecule has 60 valence electrons. The van der Waals surface area contributed by atoms with Crippen LogP contribution in [-0.4, -0.2) is 17.5 Å². The zero-order valence-corrected chi connectivity index (χ0v) is 5.73. The van der Waals surface area contributed by atoms with E-state index in [1.807, 2.05) is 0 Å². The van der Waals surface area contributed by atoms with E-state index in [2.05, 4.69) is 11.3 Å². The molecule has 0 aliphatic rings. The second-order valence-corrected chi connectivity index (χ2v) is 1.50. The molecule has 11 heavy (non-hydrogen) atoms. The van der Waals surface area contributed by atoms with Gasteiger partial charge in [-0.25, -0.2) is 4.79 Å². The first kappa shape index (κ1) is 9.35. The zero-order valence-electron chi connectivity index (χ0n) is 5.73. The van der Waals surface area contributed by atoms with Gasteiger partial charge in [0, 0.05) is 12.2 Å². The van der Waals surface area contributed by atoms with Crippen LogP contribution < -0.4 is 0 Å². The molecule has 0 radical (unpaired) electrons. The second-order valence-electron chi connectivity index (χ2n) is 1.50. The summed E-state index contributed by atoms with van der Waals surface area (Å²) in [5, 5.41) is 9.67. The third kappa shape index (κ3) is 6.23. The van der Waals surface area contributed by atoms with Crippen molar-refractivity contribution in [2.24, 2.45) is 0 Å². The monoisotopic (exact) mass is 157 g/mol. The van der Waals surface area contributed by atoms with Gasteiger partial charge in [-0.2, -0.15) is 0 Å². The molecule has 0 amide bonds. The Kier molecular flexibility index (Phi) is 4.39. The van der Waals surface area contributed by atoms with Crippen LogP contribution in [0.1, 0.15) is 0 Å². The van der Waals surface area contributed by atoms with Crippen LogP contribution in [0.25, 0.3) is 0 Å². The summed E-state index contributed by atoms with van der Waals surface area (Å²) in [5.74, 6) is -0.599. The summed E-state index contributed by atoms with van der Waals surface area (Å²) in [6.45, 7) is 3.04. The Labute approximate surface area is 63.1 Å². The number of esters is 1. The molecular weight excluding hydrogens is 150 g/mol. The predicted molar refractivity (Wildman–Crippen MR) is 37.3 cm³/mol. The summed E-state index contributed by atoms with van der Waals surface area (Å²) in [7, 11) is 0. The molecule has 0 aromatic carbocycles. The lowest BCUT2D eigenvalue weighted by Crippen LogP contribution is -1.99. The molecule has 0 unspecified atom stereocenters. The summed E-state index contributed by atoms with van der Waals surface area (Å²) < 4.78 is 4.39. The lowest BCUT2D eigenvalue weighted by molar-refractivity contribution is -0.402. The Hall–Kier alpha value is -1.65. The van der Waals surface area contributed by atoms with Crippen LogP contribution in [0.15, 0.2) is 24.9 Å². The van der Waals surface area contributed by atoms with Crippen molar-refractivity contribution in [3.05, 3.63) is 35.0 Å². The average molecular weight is 157 g/mol. The van der Waals surface area contributed by atoms with Crippen LogP contribution in [0.3, 0.4) is 0 Å². The molecule has 5 nitrogen and oxygen atoms in total. The van der Waals surface area contributed by atoms with Gasteiger partial charge in [-0.05, 0) is 0 Å². The van der Waals surface area contributed by atoms with E-state index in [-0.39, 0.29) is 6.61 Å². The van der Waals surface area contributed by atoms with Crippen LogP contribution in [0.4, 0.5) is 0 Å². The highest BCUT2D eigenvalue weighted by atomic mass is 16.6. The Morgan fingerprint density at radius 1 is 1.73 bits per heavy atom. The maximum atomic E-state index is 10.3. The van der Waals surface area contributed by atoms with Gasteiger partial charge < -0.3 is 4.74 Å². The number of carbonyl (C=O) groups is 1. The number of hydrogen-bond donors (Lipinski definition) is 0. The first-order chi connectivity index (χ1) is 5.16. The van der Waals surface area contributed by atoms with Crippen molar-refractivity contribution in [2.75, 3.05) is 6.61 Å². The van der Waals surface area contributed by atoms with Gasteiger partial charge in [0.25, 0.3) is 0 Å². The molecule has 0 aromatic rings. The van der Waals surface area contributed by atoms with Crippen molar-refractivity contribution in [1.29, 1.82) is 0 Å². The fourth-order valence-electron chi connectivity index (χ4n) is 0.318. The minimum absolute atomic E-state index is 0.105. The van der Waals surface area contributed by atoms with Crippen molar-refractivity contribution in [1.82, 2.24) is 0 Å². The van der Waals surface area contributed by atoms with E-state index in [4.69, 9.17) is 0 Å². The van der Waals surface area contributed by atoms with Gasteiger partial charge in [-0.15, -0.1) is 0 Å². The van der Waals surface area contributed by atoms with Gasteiger partial charge in [0.05, 0.1) is 4.92 Å². The topological polar surface area (TPSA) is 69.4 Å². The Morgan fingerprint density at radius 3 is 2.82 bits per heavy atom. The summed E-state index contributed by atoms with van der Waals surface area (Å²) in [5.41, 5.74) is 0. The fraction of sp³-hybridized carbons (Fsp3) is 0.167. The maximum absolute atomic E-state index is 10.3. The molecule has 0 fully saturated rings. The minimum Gasteiger partial charge on any atom is -0.458 e. The SMILES string of the molecule is C=CC(=O)OCC=C[N+](=O)[O-]. The van der Waals surface area contributed by atoms with Crippen molar-refractivity contribution in [2.45, 2.75) is 0 Å². The van der Waals surface area contributed by atoms with Gasteiger partial charge in [-0.3, -0.25) is 10.1 Å². The van der Waals surface area contributed by atoms with E-state index in [0.29, 0.717) is 6.20 Å². The highest BCUT2D eigenvalue weighted by Crippen LogP contribution is 1.81. The van der Waals surface area contributed by atoms with E-state index in [9.17, 15) is 14.9 Å². The van der Waals surface area contributed by atoms with E-state index in [0.717, 1.165) is 12.2 Å². The quantitative estimate of drug-likeness (QED) is 0.258. The fourth-order valence-corrected chi connectivity index (χ4v) is 0.318. The third-order valence-corrected chi connectivity index (χ3v) is 0.716. The van der Waals surface area contributed by atoms with Crippen molar-refractivity contribution in [3.8, 4) is 0 Å². The first-order valence-electron chi connectivity index (χ1n) is 2.76. The lowest BCUT2D eigenvalue weighted by Gasteiger charge is -1.92. The van der Waals surface area contributed by atoms with Crippen LogP contribution in [0.2, 0.25) is 0 Å². The molecule has 0 spiro atoms. The number of ether oxygens (including phenoxy) is 1. The Balaban J connectivity index is 3.49. The van der Waals surface area contributed by atoms with Crippen LogP contribution in [0.5, 0.6) is 0 Å². The molecule has 0 bridgehead atoms. The molecule has 0 aliphatic heterocycles. The van der Waals surface area contributed by atoms with Gasteiger partial charge in [0.2, 0.25) is 6.20 Å². The summed E-state index contributed by atoms with van der Waals surface area (Å²) in [6, 6.07) is 0. The Morgan fingerprint density at radius 2 is 2.36 bits per heavy atom.